The van der Waals surface area contributed by atoms with Gasteiger partial charge in [0.05, 0.1) is 0 Å². The van der Waals surface area contributed by atoms with E-state index in [0.29, 0.717) is 4.64 Å². The molecule has 10 nitrogen and oxygen atoms in total. The van der Waals surface area contributed by atoms with E-state index >= 15 is 0 Å². The fourth-order valence-electron chi connectivity index (χ4n) is 4.56. The van der Waals surface area contributed by atoms with E-state index in [0.717, 1.165) is 33.4 Å². The number of amides is 1. The van der Waals surface area contributed by atoms with Crippen LogP contribution < -0.4 is 11.0 Å². The molecule has 0 spiro atoms. The van der Waals surface area contributed by atoms with Crippen molar-refractivity contribution in [3.63, 3.8) is 0 Å². The minimum Gasteiger partial charge on any atom is -0.435 e. The Labute approximate surface area is 215 Å². The van der Waals surface area contributed by atoms with Crippen molar-refractivity contribution >= 4 is 30.3 Å². The van der Waals surface area contributed by atoms with Crippen LogP contribution >= 0.6 is 12.2 Å². The lowest BCUT2D eigenvalue weighted by Gasteiger charge is -2.22. The van der Waals surface area contributed by atoms with Crippen LogP contribution in [-0.4, -0.2) is 21.7 Å². The van der Waals surface area contributed by atoms with Gasteiger partial charge in [-0.1, -0.05) is 72.4 Å². The zero-order valence-corrected chi connectivity index (χ0v) is 20.3. The molecule has 0 fully saturated rings. The van der Waals surface area contributed by atoms with E-state index in [1.54, 1.807) is 6.20 Å². The number of rotatable bonds is 4. The molecule has 1 unspecified atom stereocenters. The Balaban J connectivity index is 1.46. The lowest BCUT2D eigenvalue weighted by Crippen LogP contribution is -2.30. The second-order valence-electron chi connectivity index (χ2n) is 8.64. The molecule has 2 N–H and O–H groups in total. The summed E-state index contributed by atoms with van der Waals surface area (Å²) < 4.78 is 7.36. The maximum atomic E-state index is 13.0. The number of furan rings is 1. The molecule has 4 aromatic rings. The summed E-state index contributed by atoms with van der Waals surface area (Å²) in [5.41, 5.74) is 5.65. The largest absolute Gasteiger partial charge is 0.435 e. The summed E-state index contributed by atoms with van der Waals surface area (Å²) in [4.78, 5) is 28.2. The summed E-state index contributed by atoms with van der Waals surface area (Å²) in [5.74, 6) is -0.677. The Bertz CT molecular complexity index is 1750. The van der Waals surface area contributed by atoms with Gasteiger partial charge in [-0.2, -0.15) is 0 Å². The van der Waals surface area contributed by atoms with Gasteiger partial charge in [-0.25, -0.2) is 9.36 Å². The van der Waals surface area contributed by atoms with Crippen molar-refractivity contribution in [3.8, 4) is 5.88 Å². The normalized spacial score (nSPS) is 15.9. The van der Waals surface area contributed by atoms with Crippen LogP contribution in [0.15, 0.2) is 90.7 Å². The highest BCUT2D eigenvalue weighted by atomic mass is 32.1. The summed E-state index contributed by atoms with van der Waals surface area (Å²) >= 11 is 5.66. The molecular formula is C26H19N7O3S. The van der Waals surface area contributed by atoms with Crippen LogP contribution in [0.2, 0.25) is 0 Å². The van der Waals surface area contributed by atoms with Gasteiger partial charge in [0.1, 0.15) is 4.64 Å². The number of H-pyrrole nitrogens is 1. The molecule has 1 aliphatic heterocycles. The van der Waals surface area contributed by atoms with Crippen molar-refractivity contribution < 1.29 is 9.21 Å². The van der Waals surface area contributed by atoms with Gasteiger partial charge in [0, 0.05) is 23.7 Å². The summed E-state index contributed by atoms with van der Waals surface area (Å²) in [6.07, 6.45) is 4.97. The molecule has 2 aliphatic rings. The van der Waals surface area contributed by atoms with Crippen LogP contribution in [0.4, 0.5) is 0 Å². The lowest BCUT2D eigenvalue weighted by molar-refractivity contribution is 0.0911. The third kappa shape index (κ3) is 4.15. The SMILES string of the molecule is Cc1ccc2c(c1)C=Cc1ccccc1C2c1cn(-c2ccc(C(=O)NC3N=NN=N3)o2)c(=O)[nH]c1=S. The van der Waals surface area contributed by atoms with Gasteiger partial charge in [0.25, 0.3) is 12.2 Å². The van der Waals surface area contributed by atoms with Crippen LogP contribution in [0.25, 0.3) is 18.0 Å². The minimum atomic E-state index is -0.907. The molecule has 11 heteroatoms. The predicted octanol–water partition coefficient (Wildman–Crippen LogP) is 5.31. The molecule has 2 aromatic carbocycles. The topological polar surface area (TPSA) is 129 Å². The van der Waals surface area contributed by atoms with Crippen LogP contribution in [-0.2, 0) is 0 Å². The number of benzene rings is 2. The lowest BCUT2D eigenvalue weighted by atomic mass is 9.83. The Morgan fingerprint density at radius 3 is 2.59 bits per heavy atom. The highest BCUT2D eigenvalue weighted by Gasteiger charge is 2.26. The van der Waals surface area contributed by atoms with Crippen molar-refractivity contribution in [3.05, 3.63) is 115 Å². The van der Waals surface area contributed by atoms with Crippen LogP contribution in [0.3, 0.4) is 0 Å². The molecule has 3 heterocycles. The first kappa shape index (κ1) is 22.7. The molecule has 0 saturated heterocycles. The first-order valence-electron chi connectivity index (χ1n) is 11.4. The monoisotopic (exact) mass is 509 g/mol. The van der Waals surface area contributed by atoms with Crippen molar-refractivity contribution in [1.29, 1.82) is 0 Å². The highest BCUT2D eigenvalue weighted by Crippen LogP contribution is 2.39. The number of aryl methyl sites for hydroxylation is 1. The van der Waals surface area contributed by atoms with Gasteiger partial charge in [0.2, 0.25) is 5.88 Å². The molecule has 182 valence electrons. The standard InChI is InChI=1S/C26H19N7O3S/c1-14-6-9-18-16(12-14)8-7-15-4-2-3-5-17(15)22(18)19-13-33(26(35)28-24(19)37)21-11-10-20(36-21)23(34)27-25-29-31-32-30-25/h2-13,22,25H,1H3,(H,27,34)(H,28,35,37). The van der Waals surface area contributed by atoms with E-state index < -0.39 is 17.9 Å². The van der Waals surface area contributed by atoms with E-state index in [-0.39, 0.29) is 17.6 Å². The number of aromatic nitrogens is 2. The second kappa shape index (κ2) is 9.03. The molecule has 1 amide bonds. The number of fused-ring (bicyclic) bond motifs is 2. The summed E-state index contributed by atoms with van der Waals surface area (Å²) in [7, 11) is 0. The molecular weight excluding hydrogens is 490 g/mol. The Morgan fingerprint density at radius 1 is 1.00 bits per heavy atom. The Hall–Kier alpha value is -4.77. The molecule has 1 atom stereocenters. The summed E-state index contributed by atoms with van der Waals surface area (Å²) in [6.45, 7) is 2.05. The average molecular weight is 510 g/mol. The maximum Gasteiger partial charge on any atom is 0.333 e. The molecule has 37 heavy (non-hydrogen) atoms. The number of carbonyl (C=O) groups excluding carboxylic acids is 1. The fraction of sp³-hybridized carbons (Fsp3) is 0.115. The molecule has 2 aromatic heterocycles. The molecule has 0 saturated carbocycles. The van der Waals surface area contributed by atoms with Crippen molar-refractivity contribution in [2.45, 2.75) is 19.1 Å². The van der Waals surface area contributed by atoms with Gasteiger partial charge in [0.15, 0.2) is 5.76 Å². The average Bonchev–Trinajstić information content (AvgIpc) is 3.55. The molecule has 1 aliphatic carbocycles. The fourth-order valence-corrected chi connectivity index (χ4v) is 4.81. The van der Waals surface area contributed by atoms with Gasteiger partial charge < -0.3 is 9.73 Å². The van der Waals surface area contributed by atoms with E-state index in [1.165, 1.54) is 16.7 Å². The number of hydrogen-bond acceptors (Lipinski definition) is 8. The van der Waals surface area contributed by atoms with Crippen molar-refractivity contribution in [2.75, 3.05) is 0 Å². The van der Waals surface area contributed by atoms with E-state index in [2.05, 4.69) is 80.4 Å². The maximum absolute atomic E-state index is 13.0. The van der Waals surface area contributed by atoms with Crippen molar-refractivity contribution in [1.82, 2.24) is 14.9 Å². The smallest absolute Gasteiger partial charge is 0.333 e. The third-order valence-corrected chi connectivity index (χ3v) is 6.60. The first-order valence-corrected chi connectivity index (χ1v) is 11.8. The summed E-state index contributed by atoms with van der Waals surface area (Å²) in [6, 6.07) is 17.4. The minimum absolute atomic E-state index is 0.0203. The quantitative estimate of drug-likeness (QED) is 0.318. The molecule has 6 rings (SSSR count). The van der Waals surface area contributed by atoms with E-state index in [9.17, 15) is 9.59 Å². The van der Waals surface area contributed by atoms with Gasteiger partial charge in [-0.05, 0) is 45.7 Å². The molecule has 0 bridgehead atoms. The Morgan fingerprint density at radius 2 is 1.76 bits per heavy atom. The first-order chi connectivity index (χ1) is 18.0. The number of hydrogen-bond donors (Lipinski definition) is 2. The zero-order valence-electron chi connectivity index (χ0n) is 19.5. The number of carbonyl (C=O) groups is 1. The predicted molar refractivity (Wildman–Crippen MR) is 138 cm³/mol. The van der Waals surface area contributed by atoms with E-state index in [1.807, 2.05) is 12.1 Å². The van der Waals surface area contributed by atoms with Gasteiger partial charge >= 0.3 is 5.69 Å². The van der Waals surface area contributed by atoms with Crippen LogP contribution in [0.5, 0.6) is 0 Å². The third-order valence-electron chi connectivity index (χ3n) is 6.26. The van der Waals surface area contributed by atoms with Crippen LogP contribution in [0.1, 0.15) is 49.9 Å². The Kier molecular flexibility index (Phi) is 5.53. The second-order valence-corrected chi connectivity index (χ2v) is 9.04. The molecule has 0 radical (unpaired) electrons. The number of aromatic amines is 1. The van der Waals surface area contributed by atoms with Gasteiger partial charge in [-0.3, -0.25) is 9.78 Å². The number of nitrogens with zero attached hydrogens (tertiary/aromatic N) is 5. The summed E-state index contributed by atoms with van der Waals surface area (Å²) in [5, 5.41) is 16.5. The number of nitrogens with one attached hydrogen (secondary N) is 2. The highest BCUT2D eigenvalue weighted by molar-refractivity contribution is 7.71. The van der Waals surface area contributed by atoms with Crippen LogP contribution in [0, 0.1) is 11.6 Å². The van der Waals surface area contributed by atoms with E-state index in [4.69, 9.17) is 16.6 Å². The zero-order chi connectivity index (χ0) is 25.5. The van der Waals surface area contributed by atoms with Gasteiger partial charge in [-0.15, -0.1) is 10.2 Å². The van der Waals surface area contributed by atoms with Crippen molar-refractivity contribution in [2.24, 2.45) is 20.7 Å².